The number of carbonyl (C=O) groups is 2. The third kappa shape index (κ3) is 4.25. The third-order valence-electron chi connectivity index (χ3n) is 3.42. The second kappa shape index (κ2) is 8.01. The Morgan fingerprint density at radius 2 is 1.79 bits per heavy atom. The smallest absolute Gasteiger partial charge is 0.338 e. The van der Waals surface area contributed by atoms with E-state index in [0.29, 0.717) is 29.1 Å². The molecule has 6 heteroatoms. The van der Waals surface area contributed by atoms with E-state index in [-0.39, 0.29) is 0 Å². The van der Waals surface area contributed by atoms with Crippen molar-refractivity contribution in [3.63, 3.8) is 0 Å². The Morgan fingerprint density at radius 1 is 1.12 bits per heavy atom. The highest BCUT2D eigenvalue weighted by atomic mass is 16.5. The second-order valence-electron chi connectivity index (χ2n) is 5.11. The van der Waals surface area contributed by atoms with Gasteiger partial charge >= 0.3 is 5.97 Å². The number of nitrogens with one attached hydrogen (secondary N) is 1. The zero-order chi connectivity index (χ0) is 17.5. The Balaban J connectivity index is 2.06. The highest BCUT2D eigenvalue weighted by Crippen LogP contribution is 2.23. The molecule has 0 spiro atoms. The largest absolute Gasteiger partial charge is 0.495 e. The van der Waals surface area contributed by atoms with Crippen molar-refractivity contribution in [1.29, 1.82) is 0 Å². The Kier molecular flexibility index (Phi) is 5.78. The molecule has 24 heavy (non-hydrogen) atoms. The molecule has 0 aromatic heterocycles. The molecule has 6 nitrogen and oxygen atoms in total. The minimum Gasteiger partial charge on any atom is -0.495 e. The van der Waals surface area contributed by atoms with Gasteiger partial charge in [0.25, 0.3) is 5.91 Å². The summed E-state index contributed by atoms with van der Waals surface area (Å²) in [7, 11) is 1.52. The average Bonchev–Trinajstić information content (AvgIpc) is 2.60. The van der Waals surface area contributed by atoms with Gasteiger partial charge in [-0.2, -0.15) is 0 Å². The molecule has 2 aromatic carbocycles. The quantitative estimate of drug-likeness (QED) is 0.628. The average molecular weight is 328 g/mol. The fourth-order valence-corrected chi connectivity index (χ4v) is 2.10. The molecule has 1 unspecified atom stereocenters. The molecule has 1 amide bonds. The van der Waals surface area contributed by atoms with Gasteiger partial charge in [-0.3, -0.25) is 4.79 Å². The summed E-state index contributed by atoms with van der Waals surface area (Å²) < 4.78 is 10.5. The number of para-hydroxylation sites is 2. The maximum Gasteiger partial charge on any atom is 0.338 e. The molecule has 0 radical (unpaired) electrons. The number of nitrogen functional groups attached to an aromatic ring is 1. The van der Waals surface area contributed by atoms with Crippen LogP contribution in [-0.4, -0.2) is 25.1 Å². The number of nitrogens with two attached hydrogens (primary N) is 1. The van der Waals surface area contributed by atoms with Crippen LogP contribution >= 0.6 is 0 Å². The van der Waals surface area contributed by atoms with Gasteiger partial charge < -0.3 is 20.5 Å². The van der Waals surface area contributed by atoms with Gasteiger partial charge in [0.1, 0.15) is 5.75 Å². The van der Waals surface area contributed by atoms with Crippen LogP contribution in [0, 0.1) is 0 Å². The van der Waals surface area contributed by atoms with Gasteiger partial charge in [0.05, 0.1) is 18.4 Å². The Hall–Kier alpha value is -3.02. The van der Waals surface area contributed by atoms with E-state index in [1.165, 1.54) is 7.11 Å². The molecule has 1 atom stereocenters. The summed E-state index contributed by atoms with van der Waals surface area (Å²) in [5, 5.41) is 2.72. The zero-order valence-electron chi connectivity index (χ0n) is 13.6. The molecule has 0 saturated carbocycles. The van der Waals surface area contributed by atoms with Crippen molar-refractivity contribution in [1.82, 2.24) is 0 Å². The molecule has 0 aliphatic heterocycles. The monoisotopic (exact) mass is 328 g/mol. The van der Waals surface area contributed by atoms with Crippen LogP contribution in [0.2, 0.25) is 0 Å². The van der Waals surface area contributed by atoms with E-state index < -0.39 is 18.0 Å². The number of ether oxygens (including phenoxy) is 2. The fraction of sp³-hybridized carbons (Fsp3) is 0.222. The standard InChI is InChI=1S/C18H20N2O4/c1-3-15(24-18(22)12-8-10-13(19)11-9-12)17(21)20-14-6-4-5-7-16(14)23-2/h4-11,15H,3,19H2,1-2H3,(H,20,21). The molecule has 126 valence electrons. The number of esters is 1. The van der Waals surface area contributed by atoms with Crippen LogP contribution in [0.4, 0.5) is 11.4 Å². The van der Waals surface area contributed by atoms with Crippen LogP contribution in [0.5, 0.6) is 5.75 Å². The van der Waals surface area contributed by atoms with Gasteiger partial charge in [-0.25, -0.2) is 4.79 Å². The first kappa shape index (κ1) is 17.3. The number of methoxy groups -OCH3 is 1. The molecule has 0 aliphatic rings. The molecule has 0 saturated heterocycles. The predicted molar refractivity (Wildman–Crippen MR) is 92.0 cm³/mol. The van der Waals surface area contributed by atoms with E-state index in [1.807, 2.05) is 0 Å². The van der Waals surface area contributed by atoms with E-state index in [0.717, 1.165) is 0 Å². The molecule has 2 rings (SSSR count). The topological polar surface area (TPSA) is 90.7 Å². The van der Waals surface area contributed by atoms with Crippen molar-refractivity contribution in [3.8, 4) is 5.75 Å². The number of carbonyl (C=O) groups excluding carboxylic acids is 2. The lowest BCUT2D eigenvalue weighted by molar-refractivity contribution is -0.124. The van der Waals surface area contributed by atoms with Crippen LogP contribution in [0.15, 0.2) is 48.5 Å². The van der Waals surface area contributed by atoms with Crippen molar-refractivity contribution in [2.45, 2.75) is 19.4 Å². The van der Waals surface area contributed by atoms with E-state index in [9.17, 15) is 9.59 Å². The highest BCUT2D eigenvalue weighted by molar-refractivity contribution is 5.98. The summed E-state index contributed by atoms with van der Waals surface area (Å²) in [5.74, 6) is -0.451. The first-order valence-corrected chi connectivity index (χ1v) is 7.55. The molecular weight excluding hydrogens is 308 g/mol. The lowest BCUT2D eigenvalue weighted by Crippen LogP contribution is -2.32. The maximum atomic E-state index is 12.4. The van der Waals surface area contributed by atoms with E-state index in [4.69, 9.17) is 15.2 Å². The summed E-state index contributed by atoms with van der Waals surface area (Å²) in [5.41, 5.74) is 7.00. The minimum atomic E-state index is -0.903. The third-order valence-corrected chi connectivity index (χ3v) is 3.42. The Morgan fingerprint density at radius 3 is 2.42 bits per heavy atom. The normalized spacial score (nSPS) is 11.4. The van der Waals surface area contributed by atoms with Crippen LogP contribution in [0.1, 0.15) is 23.7 Å². The van der Waals surface area contributed by atoms with Gasteiger partial charge in [-0.05, 0) is 42.8 Å². The first-order valence-electron chi connectivity index (χ1n) is 7.55. The first-order chi connectivity index (χ1) is 11.5. The van der Waals surface area contributed by atoms with Crippen LogP contribution < -0.4 is 15.8 Å². The highest BCUT2D eigenvalue weighted by Gasteiger charge is 2.22. The van der Waals surface area contributed by atoms with Crippen LogP contribution in [-0.2, 0) is 9.53 Å². The molecule has 2 aromatic rings. The van der Waals surface area contributed by atoms with Crippen molar-refractivity contribution in [3.05, 3.63) is 54.1 Å². The maximum absolute atomic E-state index is 12.4. The molecule has 0 bridgehead atoms. The van der Waals surface area contributed by atoms with Gasteiger partial charge in [-0.1, -0.05) is 19.1 Å². The van der Waals surface area contributed by atoms with Gasteiger partial charge in [0.15, 0.2) is 6.10 Å². The fourth-order valence-electron chi connectivity index (χ4n) is 2.10. The van der Waals surface area contributed by atoms with Crippen molar-refractivity contribution >= 4 is 23.3 Å². The summed E-state index contributed by atoms with van der Waals surface area (Å²) in [6.45, 7) is 1.77. The SMILES string of the molecule is CCC(OC(=O)c1ccc(N)cc1)C(=O)Nc1ccccc1OC. The van der Waals surface area contributed by atoms with Crippen LogP contribution in [0.25, 0.3) is 0 Å². The van der Waals surface area contributed by atoms with E-state index >= 15 is 0 Å². The number of benzene rings is 2. The lowest BCUT2D eigenvalue weighted by Gasteiger charge is -2.17. The van der Waals surface area contributed by atoms with Crippen molar-refractivity contribution in [2.75, 3.05) is 18.2 Å². The molecule has 0 heterocycles. The summed E-state index contributed by atoms with van der Waals surface area (Å²) >= 11 is 0. The predicted octanol–water partition coefficient (Wildman–Crippen LogP) is 2.85. The number of rotatable bonds is 6. The van der Waals surface area contributed by atoms with Gasteiger partial charge in [0, 0.05) is 5.69 Å². The molecule has 3 N–H and O–H groups in total. The number of amides is 1. The zero-order valence-corrected chi connectivity index (χ0v) is 13.6. The summed E-state index contributed by atoms with van der Waals surface area (Å²) in [6, 6.07) is 13.3. The minimum absolute atomic E-state index is 0.341. The van der Waals surface area contributed by atoms with Crippen molar-refractivity contribution in [2.24, 2.45) is 0 Å². The molecular formula is C18H20N2O4. The Labute approximate surface area is 140 Å². The second-order valence-corrected chi connectivity index (χ2v) is 5.11. The number of hydrogen-bond acceptors (Lipinski definition) is 5. The van der Waals surface area contributed by atoms with Crippen molar-refractivity contribution < 1.29 is 19.1 Å². The molecule has 0 fully saturated rings. The van der Waals surface area contributed by atoms with Crippen LogP contribution in [0.3, 0.4) is 0 Å². The Bertz CT molecular complexity index is 713. The van der Waals surface area contributed by atoms with E-state index in [1.54, 1.807) is 55.5 Å². The summed E-state index contributed by atoms with van der Waals surface area (Å²) in [4.78, 5) is 24.5. The summed E-state index contributed by atoms with van der Waals surface area (Å²) in [6.07, 6.45) is -0.554. The lowest BCUT2D eigenvalue weighted by atomic mass is 10.2. The number of hydrogen-bond donors (Lipinski definition) is 2. The van der Waals surface area contributed by atoms with Gasteiger partial charge in [0.2, 0.25) is 0 Å². The van der Waals surface area contributed by atoms with Gasteiger partial charge in [-0.15, -0.1) is 0 Å². The van der Waals surface area contributed by atoms with E-state index in [2.05, 4.69) is 5.32 Å². The number of anilines is 2. The molecule has 0 aliphatic carbocycles.